The Bertz CT molecular complexity index is 486. The van der Waals surface area contributed by atoms with Gasteiger partial charge in [-0.05, 0) is 37.1 Å². The minimum Gasteiger partial charge on any atom is -0.478 e. The van der Waals surface area contributed by atoms with E-state index in [2.05, 4.69) is 0 Å². The van der Waals surface area contributed by atoms with Crippen LogP contribution in [0.4, 0.5) is 0 Å². The van der Waals surface area contributed by atoms with Crippen LogP contribution < -0.4 is 0 Å². The molecule has 0 bridgehead atoms. The standard InChI is InChI=1S/C8H6O4.C4H10O2.C2H2O4/c9-7(10)5-1-2-6(4-3-5)8(11)12;5-3-1-2-4-6;3-1(4)2(5)6/h1-4H,(H,9,10)(H,11,12);5-6H,1-4H2;(H,3,4)(H,5,6). The number of carbonyl (C=O) groups is 4. The van der Waals surface area contributed by atoms with E-state index in [1.54, 1.807) is 0 Å². The first kappa shape index (κ1) is 23.3. The number of rotatable bonds is 5. The lowest BCUT2D eigenvalue weighted by Gasteiger charge is -1.94. The number of unbranched alkanes of at least 4 members (excludes halogenated alkanes) is 1. The fourth-order valence-electron chi connectivity index (χ4n) is 0.979. The number of aliphatic hydroxyl groups excluding tert-OH is 2. The summed E-state index contributed by atoms with van der Waals surface area (Å²) in [6.07, 6.45) is 1.44. The van der Waals surface area contributed by atoms with Gasteiger partial charge in [0.05, 0.1) is 11.1 Å². The third-order valence-electron chi connectivity index (χ3n) is 2.13. The van der Waals surface area contributed by atoms with Crippen LogP contribution in [0.1, 0.15) is 33.6 Å². The van der Waals surface area contributed by atoms with Crippen molar-refractivity contribution in [3.8, 4) is 0 Å². The van der Waals surface area contributed by atoms with E-state index < -0.39 is 23.9 Å². The zero-order valence-corrected chi connectivity index (χ0v) is 12.5. The van der Waals surface area contributed by atoms with E-state index in [1.807, 2.05) is 0 Å². The largest absolute Gasteiger partial charge is 0.478 e. The van der Waals surface area contributed by atoms with Gasteiger partial charge < -0.3 is 30.6 Å². The minimum absolute atomic E-state index is 0.0833. The van der Waals surface area contributed by atoms with Crippen LogP contribution >= 0.6 is 0 Å². The topological polar surface area (TPSA) is 190 Å². The third-order valence-corrected chi connectivity index (χ3v) is 2.13. The van der Waals surface area contributed by atoms with Crippen molar-refractivity contribution in [2.24, 2.45) is 0 Å². The minimum atomic E-state index is -1.82. The van der Waals surface area contributed by atoms with Crippen molar-refractivity contribution in [2.45, 2.75) is 12.8 Å². The van der Waals surface area contributed by atoms with E-state index in [-0.39, 0.29) is 24.3 Å². The fraction of sp³-hybridized carbons (Fsp3) is 0.286. The van der Waals surface area contributed by atoms with Gasteiger partial charge in [0.1, 0.15) is 0 Å². The number of benzene rings is 1. The van der Waals surface area contributed by atoms with Crippen molar-refractivity contribution in [1.82, 2.24) is 0 Å². The van der Waals surface area contributed by atoms with Crippen LogP contribution in [-0.2, 0) is 9.59 Å². The van der Waals surface area contributed by atoms with Crippen molar-refractivity contribution >= 4 is 23.9 Å². The molecule has 0 unspecified atom stereocenters. The Morgan fingerprint density at radius 3 is 1.00 bits per heavy atom. The number of carboxylic acids is 4. The second-order valence-electron chi connectivity index (χ2n) is 3.95. The fourth-order valence-corrected chi connectivity index (χ4v) is 0.979. The molecule has 0 aromatic heterocycles. The summed E-state index contributed by atoms with van der Waals surface area (Å²) >= 11 is 0. The van der Waals surface area contributed by atoms with Gasteiger partial charge in [0, 0.05) is 13.2 Å². The quantitative estimate of drug-likeness (QED) is 0.312. The molecule has 0 heterocycles. The smallest absolute Gasteiger partial charge is 0.414 e. The van der Waals surface area contributed by atoms with Crippen molar-refractivity contribution < 1.29 is 49.8 Å². The van der Waals surface area contributed by atoms with Gasteiger partial charge in [-0.15, -0.1) is 0 Å². The second-order valence-corrected chi connectivity index (χ2v) is 3.95. The second kappa shape index (κ2) is 13.7. The number of aromatic carboxylic acids is 2. The highest BCUT2D eigenvalue weighted by atomic mass is 16.4. The zero-order chi connectivity index (χ0) is 19.1. The van der Waals surface area contributed by atoms with Crippen molar-refractivity contribution in [3.05, 3.63) is 35.4 Å². The van der Waals surface area contributed by atoms with Gasteiger partial charge in [-0.2, -0.15) is 0 Å². The first-order valence-electron chi connectivity index (χ1n) is 6.41. The molecule has 6 N–H and O–H groups in total. The van der Waals surface area contributed by atoms with Gasteiger partial charge in [-0.1, -0.05) is 0 Å². The first-order chi connectivity index (χ1) is 11.2. The lowest BCUT2D eigenvalue weighted by atomic mass is 10.1. The molecule has 0 saturated heterocycles. The average Bonchev–Trinajstić information content (AvgIpc) is 2.54. The van der Waals surface area contributed by atoms with Crippen molar-refractivity contribution in [1.29, 1.82) is 0 Å². The molecule has 24 heavy (non-hydrogen) atoms. The predicted octanol–water partition coefficient (Wildman–Crippen LogP) is -0.0102. The van der Waals surface area contributed by atoms with E-state index in [9.17, 15) is 9.59 Å². The van der Waals surface area contributed by atoms with Crippen LogP contribution in [0.3, 0.4) is 0 Å². The summed E-state index contributed by atoms with van der Waals surface area (Å²) in [5.74, 6) is -5.77. The van der Waals surface area contributed by atoms with Crippen LogP contribution in [0, 0.1) is 0 Å². The maximum absolute atomic E-state index is 10.3. The lowest BCUT2D eigenvalue weighted by Crippen LogP contribution is -2.09. The van der Waals surface area contributed by atoms with E-state index in [1.165, 1.54) is 24.3 Å². The van der Waals surface area contributed by atoms with Crippen LogP contribution in [0.15, 0.2) is 24.3 Å². The van der Waals surface area contributed by atoms with Gasteiger partial charge in [-0.3, -0.25) is 0 Å². The van der Waals surface area contributed by atoms with E-state index >= 15 is 0 Å². The zero-order valence-electron chi connectivity index (χ0n) is 12.5. The first-order valence-corrected chi connectivity index (χ1v) is 6.41. The Hall–Kier alpha value is -2.98. The summed E-state index contributed by atoms with van der Waals surface area (Å²) < 4.78 is 0. The maximum Gasteiger partial charge on any atom is 0.414 e. The summed E-state index contributed by atoms with van der Waals surface area (Å²) in [6.45, 7) is 0.390. The number of carboxylic acid groups (broad SMARTS) is 4. The molecular weight excluding hydrogens is 328 g/mol. The van der Waals surface area contributed by atoms with Crippen LogP contribution in [0.5, 0.6) is 0 Å². The number of hydrogen-bond donors (Lipinski definition) is 6. The number of aliphatic carboxylic acids is 2. The van der Waals surface area contributed by atoms with Gasteiger partial charge in [0.15, 0.2) is 0 Å². The Balaban J connectivity index is 0. The normalized spacial score (nSPS) is 8.75. The monoisotopic (exact) mass is 346 g/mol. The van der Waals surface area contributed by atoms with Crippen molar-refractivity contribution in [3.63, 3.8) is 0 Å². The van der Waals surface area contributed by atoms with Crippen LogP contribution in [-0.4, -0.2) is 67.7 Å². The van der Waals surface area contributed by atoms with Crippen LogP contribution in [0.2, 0.25) is 0 Å². The molecule has 0 saturated carbocycles. The molecule has 1 rings (SSSR count). The molecule has 1 aromatic rings. The summed E-state index contributed by atoms with van der Waals surface area (Å²) in [6, 6.07) is 5.02. The molecule has 10 nitrogen and oxygen atoms in total. The number of aliphatic hydroxyl groups is 2. The summed E-state index contributed by atoms with van der Waals surface area (Å²) in [7, 11) is 0. The molecule has 0 aliphatic rings. The SMILES string of the molecule is O=C(O)C(=O)O.O=C(O)c1ccc(C(=O)O)cc1.OCCCCO. The summed E-state index contributed by atoms with van der Waals surface area (Å²) in [5, 5.41) is 47.9. The highest BCUT2D eigenvalue weighted by molar-refractivity contribution is 6.27. The van der Waals surface area contributed by atoms with Gasteiger partial charge >= 0.3 is 23.9 Å². The van der Waals surface area contributed by atoms with E-state index in [4.69, 9.17) is 40.2 Å². The average molecular weight is 346 g/mol. The molecule has 134 valence electrons. The molecule has 0 aliphatic carbocycles. The highest BCUT2D eigenvalue weighted by Gasteiger charge is 2.05. The molecule has 0 fully saturated rings. The van der Waals surface area contributed by atoms with E-state index in [0.717, 1.165) is 12.8 Å². The molecule has 0 aliphatic heterocycles. The Kier molecular flexibility index (Phi) is 13.3. The Morgan fingerprint density at radius 1 is 0.625 bits per heavy atom. The maximum atomic E-state index is 10.3. The third kappa shape index (κ3) is 12.7. The van der Waals surface area contributed by atoms with Gasteiger partial charge in [0.25, 0.3) is 0 Å². The molecule has 0 spiro atoms. The van der Waals surface area contributed by atoms with Gasteiger partial charge in [-0.25, -0.2) is 19.2 Å². The van der Waals surface area contributed by atoms with E-state index in [0.29, 0.717) is 0 Å². The van der Waals surface area contributed by atoms with Crippen molar-refractivity contribution in [2.75, 3.05) is 13.2 Å². The molecule has 1 aromatic carbocycles. The Labute approximate surface area is 136 Å². The lowest BCUT2D eigenvalue weighted by molar-refractivity contribution is -0.159. The van der Waals surface area contributed by atoms with Crippen LogP contribution in [0.25, 0.3) is 0 Å². The molecule has 0 amide bonds. The molecule has 10 heteroatoms. The number of hydrogen-bond acceptors (Lipinski definition) is 6. The predicted molar refractivity (Wildman–Crippen MR) is 79.0 cm³/mol. The Morgan fingerprint density at radius 2 is 0.875 bits per heavy atom. The molecular formula is C14H18O10. The summed E-state index contributed by atoms with van der Waals surface area (Å²) in [5.41, 5.74) is 0.167. The van der Waals surface area contributed by atoms with Gasteiger partial charge in [0.2, 0.25) is 0 Å². The highest BCUT2D eigenvalue weighted by Crippen LogP contribution is 2.03. The molecule has 0 radical (unpaired) electrons. The molecule has 0 atom stereocenters. The summed E-state index contributed by atoms with van der Waals surface area (Å²) in [4.78, 5) is 38.9.